The lowest BCUT2D eigenvalue weighted by molar-refractivity contribution is 0.391. The van der Waals surface area contributed by atoms with Gasteiger partial charge in [0.25, 0.3) is 0 Å². The van der Waals surface area contributed by atoms with Crippen molar-refractivity contribution < 1.29 is 5.11 Å². The van der Waals surface area contributed by atoms with Crippen LogP contribution in [0.1, 0.15) is 36.6 Å². The molecule has 0 amide bonds. The van der Waals surface area contributed by atoms with Gasteiger partial charge >= 0.3 is 0 Å². The highest BCUT2D eigenvalue weighted by atomic mass is 16.3. The van der Waals surface area contributed by atoms with Gasteiger partial charge in [-0.25, -0.2) is 10.8 Å². The molecule has 0 aromatic heterocycles. The number of benzene rings is 1. The summed E-state index contributed by atoms with van der Waals surface area (Å²) < 4.78 is 0. The average molecular weight is 269 g/mol. The quantitative estimate of drug-likeness (QED) is 0.771. The zero-order chi connectivity index (χ0) is 14.6. The van der Waals surface area contributed by atoms with Crippen molar-refractivity contribution in [2.75, 3.05) is 0 Å². The van der Waals surface area contributed by atoms with Crippen LogP contribution in [-0.4, -0.2) is 16.0 Å². The highest BCUT2D eigenvalue weighted by Gasteiger charge is 2.35. The Morgan fingerprint density at radius 2 is 1.90 bits per heavy atom. The number of aryl methyl sites for hydroxylation is 1. The second-order valence-corrected chi connectivity index (χ2v) is 5.52. The zero-order valence-electron chi connectivity index (χ0n) is 12.2. The fourth-order valence-electron chi connectivity index (χ4n) is 2.96. The summed E-state index contributed by atoms with van der Waals surface area (Å²) in [4.78, 5) is 4.54. The molecule has 0 saturated carbocycles. The molecular formula is C16H19N3O. The van der Waals surface area contributed by atoms with E-state index in [1.165, 1.54) is 5.57 Å². The van der Waals surface area contributed by atoms with E-state index in [9.17, 15) is 5.11 Å². The highest BCUT2D eigenvalue weighted by Crippen LogP contribution is 2.40. The van der Waals surface area contributed by atoms with E-state index in [4.69, 9.17) is 5.84 Å². The smallest absolute Gasteiger partial charge is 0.151 e. The molecule has 2 aliphatic heterocycles. The number of phenols is 1. The number of hydrogen-bond acceptors (Lipinski definition) is 4. The van der Waals surface area contributed by atoms with Crippen molar-refractivity contribution >= 4 is 5.84 Å². The van der Waals surface area contributed by atoms with Crippen LogP contribution in [0.15, 0.2) is 40.0 Å². The maximum Gasteiger partial charge on any atom is 0.151 e. The number of aromatic hydroxyl groups is 1. The van der Waals surface area contributed by atoms with E-state index in [0.29, 0.717) is 5.75 Å². The summed E-state index contributed by atoms with van der Waals surface area (Å²) in [6.07, 6.45) is 2.14. The molecule has 4 nitrogen and oxygen atoms in total. The third kappa shape index (κ3) is 1.61. The van der Waals surface area contributed by atoms with Crippen LogP contribution in [0, 0.1) is 13.8 Å². The van der Waals surface area contributed by atoms with E-state index in [0.717, 1.165) is 33.8 Å². The van der Waals surface area contributed by atoms with E-state index in [1.54, 1.807) is 11.1 Å². The van der Waals surface area contributed by atoms with E-state index in [1.807, 2.05) is 26.8 Å². The predicted molar refractivity (Wildman–Crippen MR) is 80.2 cm³/mol. The number of hydrazine groups is 1. The van der Waals surface area contributed by atoms with Crippen molar-refractivity contribution in [1.82, 2.24) is 5.01 Å². The molecule has 4 heteroatoms. The normalized spacial score (nSPS) is 21.2. The third-order valence-electron chi connectivity index (χ3n) is 4.33. The standard InChI is InChI=1S/C16H19N3O/c1-8-5-6-14(20)10(3)15(8)13-7-12-9(2)11(4)18-16(12)19(13)17/h5-7,13,20H,17H2,1-4H3. The fourth-order valence-corrected chi connectivity index (χ4v) is 2.96. The van der Waals surface area contributed by atoms with Crippen LogP contribution in [0.2, 0.25) is 0 Å². The minimum Gasteiger partial charge on any atom is -0.508 e. The molecule has 0 radical (unpaired) electrons. The topological polar surface area (TPSA) is 61.8 Å². The minimum absolute atomic E-state index is 0.0705. The Bertz CT molecular complexity index is 698. The lowest BCUT2D eigenvalue weighted by atomic mass is 9.95. The summed E-state index contributed by atoms with van der Waals surface area (Å²) in [5.41, 5.74) is 6.36. The molecule has 1 aromatic rings. The number of fused-ring (bicyclic) bond motifs is 1. The molecule has 1 aromatic carbocycles. The Hall–Kier alpha value is -2.07. The van der Waals surface area contributed by atoms with Crippen molar-refractivity contribution in [2.24, 2.45) is 10.8 Å². The van der Waals surface area contributed by atoms with E-state index in [-0.39, 0.29) is 6.04 Å². The summed E-state index contributed by atoms with van der Waals surface area (Å²) in [6, 6.07) is 3.58. The van der Waals surface area contributed by atoms with Crippen LogP contribution in [-0.2, 0) is 0 Å². The van der Waals surface area contributed by atoms with Gasteiger partial charge in [-0.05, 0) is 62.1 Å². The number of nitrogens with two attached hydrogens (primary N) is 1. The number of amidine groups is 1. The first-order valence-electron chi connectivity index (χ1n) is 6.73. The second kappa shape index (κ2) is 4.21. The predicted octanol–water partition coefficient (Wildman–Crippen LogP) is 2.87. The summed E-state index contributed by atoms with van der Waals surface area (Å²) in [5.74, 6) is 7.38. The summed E-state index contributed by atoms with van der Waals surface area (Å²) in [5, 5.41) is 11.6. The van der Waals surface area contributed by atoms with Crippen molar-refractivity contribution in [3.8, 4) is 5.75 Å². The number of aliphatic imine (C=N–C) groups is 1. The maximum atomic E-state index is 9.95. The molecule has 2 aliphatic rings. The lowest BCUT2D eigenvalue weighted by Crippen LogP contribution is -2.36. The van der Waals surface area contributed by atoms with Gasteiger partial charge < -0.3 is 5.11 Å². The zero-order valence-corrected chi connectivity index (χ0v) is 12.2. The summed E-state index contributed by atoms with van der Waals surface area (Å²) >= 11 is 0. The maximum absolute atomic E-state index is 9.95. The van der Waals surface area contributed by atoms with Crippen LogP contribution in [0.4, 0.5) is 0 Å². The van der Waals surface area contributed by atoms with Crippen molar-refractivity contribution in [1.29, 1.82) is 0 Å². The number of rotatable bonds is 1. The molecule has 0 spiro atoms. The van der Waals surface area contributed by atoms with E-state index >= 15 is 0 Å². The molecule has 20 heavy (non-hydrogen) atoms. The molecule has 0 saturated heterocycles. The van der Waals surface area contributed by atoms with Gasteiger partial charge in [0.2, 0.25) is 0 Å². The van der Waals surface area contributed by atoms with E-state index < -0.39 is 0 Å². The Balaban J connectivity index is 2.13. The molecule has 3 N–H and O–H groups in total. The van der Waals surface area contributed by atoms with Crippen LogP contribution in [0.3, 0.4) is 0 Å². The molecule has 2 heterocycles. The molecule has 1 atom stereocenters. The minimum atomic E-state index is -0.0705. The van der Waals surface area contributed by atoms with Gasteiger partial charge in [0, 0.05) is 11.3 Å². The highest BCUT2D eigenvalue weighted by molar-refractivity contribution is 6.07. The molecule has 0 fully saturated rings. The van der Waals surface area contributed by atoms with Gasteiger partial charge in [-0.2, -0.15) is 0 Å². The molecule has 0 aliphatic carbocycles. The number of allylic oxidation sites excluding steroid dienone is 1. The van der Waals surface area contributed by atoms with Crippen LogP contribution >= 0.6 is 0 Å². The number of phenolic OH excluding ortho intramolecular Hbond substituents is 1. The first-order valence-corrected chi connectivity index (χ1v) is 6.73. The number of nitrogens with zero attached hydrogens (tertiary/aromatic N) is 2. The Kier molecular flexibility index (Phi) is 2.73. The van der Waals surface area contributed by atoms with Crippen molar-refractivity contribution in [3.05, 3.63) is 51.7 Å². The SMILES string of the molecule is CC1=C(C)C2=CC(c3c(C)ccc(O)c3C)N(N)C2=N1. The van der Waals surface area contributed by atoms with Gasteiger partial charge in [0.15, 0.2) is 5.84 Å². The summed E-state index contributed by atoms with van der Waals surface area (Å²) in [6.45, 7) is 8.02. The molecular weight excluding hydrogens is 250 g/mol. The van der Waals surface area contributed by atoms with Crippen LogP contribution in [0.25, 0.3) is 0 Å². The Labute approximate surface area is 118 Å². The molecule has 1 unspecified atom stereocenters. The van der Waals surface area contributed by atoms with Crippen LogP contribution < -0.4 is 5.84 Å². The van der Waals surface area contributed by atoms with E-state index in [2.05, 4.69) is 18.0 Å². The molecule has 3 rings (SSSR count). The first-order chi connectivity index (χ1) is 9.41. The van der Waals surface area contributed by atoms with Gasteiger partial charge in [-0.15, -0.1) is 0 Å². The fraction of sp³-hybridized carbons (Fsp3) is 0.312. The summed E-state index contributed by atoms with van der Waals surface area (Å²) in [7, 11) is 0. The first kappa shape index (κ1) is 12.9. The van der Waals surface area contributed by atoms with Gasteiger partial charge in [0.1, 0.15) is 5.75 Å². The third-order valence-corrected chi connectivity index (χ3v) is 4.33. The monoisotopic (exact) mass is 269 g/mol. The van der Waals surface area contributed by atoms with Crippen LogP contribution in [0.5, 0.6) is 5.75 Å². The Morgan fingerprint density at radius 3 is 2.55 bits per heavy atom. The lowest BCUT2D eigenvalue weighted by Gasteiger charge is -2.24. The van der Waals surface area contributed by atoms with Crippen molar-refractivity contribution in [3.63, 3.8) is 0 Å². The van der Waals surface area contributed by atoms with Gasteiger partial charge in [0.05, 0.1) is 6.04 Å². The number of hydrogen-bond donors (Lipinski definition) is 2. The second-order valence-electron chi connectivity index (χ2n) is 5.52. The Morgan fingerprint density at radius 1 is 1.20 bits per heavy atom. The van der Waals surface area contributed by atoms with Gasteiger partial charge in [-0.1, -0.05) is 6.07 Å². The molecule has 104 valence electrons. The van der Waals surface area contributed by atoms with Crippen molar-refractivity contribution in [2.45, 2.75) is 33.7 Å². The van der Waals surface area contributed by atoms with Gasteiger partial charge in [-0.3, -0.25) is 5.01 Å². The molecule has 0 bridgehead atoms. The largest absolute Gasteiger partial charge is 0.508 e. The average Bonchev–Trinajstić information content (AvgIpc) is 2.86.